The van der Waals surface area contributed by atoms with Crippen LogP contribution in [0.3, 0.4) is 0 Å². The third kappa shape index (κ3) is 2.69. The van der Waals surface area contributed by atoms with Crippen LogP contribution in [0.2, 0.25) is 0 Å². The number of halogens is 1. The first-order valence-corrected chi connectivity index (χ1v) is 4.95. The van der Waals surface area contributed by atoms with E-state index in [4.69, 9.17) is 10.5 Å². The Morgan fingerprint density at radius 3 is 2.33 bits per heavy atom. The van der Waals surface area contributed by atoms with Crippen LogP contribution in [0.5, 0.6) is 5.75 Å². The summed E-state index contributed by atoms with van der Waals surface area (Å²) in [6.07, 6.45) is 0. The zero-order chi connectivity index (χ0) is 11.6. The number of hydrogen-bond acceptors (Lipinski definition) is 2. The maximum absolute atomic E-state index is 13.7. The Morgan fingerprint density at radius 2 is 1.93 bits per heavy atom. The van der Waals surface area contributed by atoms with Crippen molar-refractivity contribution in [2.24, 2.45) is 11.1 Å². The minimum absolute atomic E-state index is 0.157. The van der Waals surface area contributed by atoms with Crippen LogP contribution in [-0.2, 0) is 0 Å². The highest BCUT2D eigenvalue weighted by Gasteiger charge is 2.24. The molecular weight excluding hydrogens is 193 g/mol. The van der Waals surface area contributed by atoms with Crippen LogP contribution in [0.1, 0.15) is 32.4 Å². The maximum atomic E-state index is 13.7. The van der Waals surface area contributed by atoms with E-state index in [2.05, 4.69) is 0 Å². The molecular formula is C12H18FNO. The molecule has 0 aromatic heterocycles. The van der Waals surface area contributed by atoms with Crippen LogP contribution >= 0.6 is 0 Å². The quantitative estimate of drug-likeness (QED) is 0.816. The smallest absolute Gasteiger partial charge is 0.131 e. The summed E-state index contributed by atoms with van der Waals surface area (Å²) >= 11 is 0. The molecule has 15 heavy (non-hydrogen) atoms. The zero-order valence-corrected chi connectivity index (χ0v) is 9.67. The van der Waals surface area contributed by atoms with E-state index in [1.54, 1.807) is 12.1 Å². The summed E-state index contributed by atoms with van der Waals surface area (Å²) in [7, 11) is 1.51. The monoisotopic (exact) mass is 211 g/mol. The zero-order valence-electron chi connectivity index (χ0n) is 9.67. The average molecular weight is 211 g/mol. The molecule has 0 saturated carbocycles. The van der Waals surface area contributed by atoms with Gasteiger partial charge in [-0.1, -0.05) is 26.8 Å². The van der Waals surface area contributed by atoms with Gasteiger partial charge >= 0.3 is 0 Å². The van der Waals surface area contributed by atoms with Gasteiger partial charge in [-0.3, -0.25) is 0 Å². The van der Waals surface area contributed by atoms with Crippen LogP contribution in [0.4, 0.5) is 4.39 Å². The molecule has 1 rings (SSSR count). The first kappa shape index (κ1) is 12.0. The van der Waals surface area contributed by atoms with Crippen LogP contribution in [0.15, 0.2) is 18.2 Å². The lowest BCUT2D eigenvalue weighted by atomic mass is 9.83. The second-order valence-electron chi connectivity index (χ2n) is 4.73. The number of hydrogen-bond donors (Lipinski definition) is 1. The number of ether oxygens (including phenoxy) is 1. The van der Waals surface area contributed by atoms with Gasteiger partial charge in [-0.15, -0.1) is 0 Å². The van der Waals surface area contributed by atoms with Gasteiger partial charge in [-0.25, -0.2) is 4.39 Å². The van der Waals surface area contributed by atoms with Crippen molar-refractivity contribution < 1.29 is 9.13 Å². The molecule has 3 heteroatoms. The lowest BCUT2D eigenvalue weighted by Gasteiger charge is -2.27. The molecule has 1 unspecified atom stereocenters. The summed E-state index contributed by atoms with van der Waals surface area (Å²) in [5, 5.41) is 0. The fourth-order valence-corrected chi connectivity index (χ4v) is 1.35. The topological polar surface area (TPSA) is 35.2 Å². The second-order valence-corrected chi connectivity index (χ2v) is 4.73. The van der Waals surface area contributed by atoms with E-state index < -0.39 is 0 Å². The van der Waals surface area contributed by atoms with E-state index in [9.17, 15) is 4.39 Å². The van der Waals surface area contributed by atoms with E-state index in [1.807, 2.05) is 20.8 Å². The Bertz CT molecular complexity index is 344. The van der Waals surface area contributed by atoms with E-state index >= 15 is 0 Å². The van der Waals surface area contributed by atoms with Crippen LogP contribution in [-0.4, -0.2) is 7.11 Å². The highest BCUT2D eigenvalue weighted by atomic mass is 19.1. The summed E-state index contributed by atoms with van der Waals surface area (Å²) in [6, 6.07) is 4.46. The third-order valence-corrected chi connectivity index (χ3v) is 2.48. The number of rotatable bonds is 2. The van der Waals surface area contributed by atoms with Gasteiger partial charge in [-0.2, -0.15) is 0 Å². The molecule has 1 atom stereocenters. The van der Waals surface area contributed by atoms with Crippen molar-refractivity contribution in [1.29, 1.82) is 0 Å². The highest BCUT2D eigenvalue weighted by Crippen LogP contribution is 2.32. The van der Waals surface area contributed by atoms with Gasteiger partial charge in [0.2, 0.25) is 0 Å². The van der Waals surface area contributed by atoms with Gasteiger partial charge in [0, 0.05) is 17.7 Å². The molecule has 2 N–H and O–H groups in total. The predicted molar refractivity (Wildman–Crippen MR) is 59.3 cm³/mol. The Hall–Kier alpha value is -1.09. The maximum Gasteiger partial charge on any atom is 0.131 e. The first-order valence-electron chi connectivity index (χ1n) is 4.95. The minimum atomic E-state index is -0.316. The SMILES string of the molecule is COc1ccc(C(N)C(C)(C)C)c(F)c1. The molecule has 0 aliphatic heterocycles. The lowest BCUT2D eigenvalue weighted by molar-refractivity contribution is 0.318. The molecule has 0 fully saturated rings. The average Bonchev–Trinajstić information content (AvgIpc) is 2.15. The van der Waals surface area contributed by atoms with Gasteiger partial charge < -0.3 is 10.5 Å². The van der Waals surface area contributed by atoms with Gasteiger partial charge in [0.15, 0.2) is 0 Å². The molecule has 1 aromatic rings. The summed E-state index contributed by atoms with van der Waals surface area (Å²) < 4.78 is 18.6. The van der Waals surface area contributed by atoms with Crippen molar-refractivity contribution in [3.8, 4) is 5.75 Å². The van der Waals surface area contributed by atoms with Gasteiger partial charge in [-0.05, 0) is 11.5 Å². The molecule has 84 valence electrons. The van der Waals surface area contributed by atoms with Crippen molar-refractivity contribution >= 4 is 0 Å². The van der Waals surface area contributed by atoms with Crippen molar-refractivity contribution in [3.05, 3.63) is 29.6 Å². The van der Waals surface area contributed by atoms with Crippen LogP contribution in [0.25, 0.3) is 0 Å². The van der Waals surface area contributed by atoms with Crippen LogP contribution < -0.4 is 10.5 Å². The molecule has 1 aromatic carbocycles. The van der Waals surface area contributed by atoms with Gasteiger partial charge in [0.25, 0.3) is 0 Å². The molecule has 0 aliphatic carbocycles. The normalized spacial score (nSPS) is 13.7. The third-order valence-electron chi connectivity index (χ3n) is 2.48. The summed E-state index contributed by atoms with van der Waals surface area (Å²) in [6.45, 7) is 5.96. The summed E-state index contributed by atoms with van der Waals surface area (Å²) in [5.74, 6) is 0.203. The standard InChI is InChI=1S/C12H18FNO/c1-12(2,3)11(14)9-6-5-8(15-4)7-10(9)13/h5-7,11H,14H2,1-4H3. The Balaban J connectivity index is 3.06. The fraction of sp³-hybridized carbons (Fsp3) is 0.500. The second kappa shape index (κ2) is 4.19. The van der Waals surface area contributed by atoms with E-state index in [0.717, 1.165) is 0 Å². The number of methoxy groups -OCH3 is 1. The van der Waals surface area contributed by atoms with Crippen molar-refractivity contribution in [3.63, 3.8) is 0 Å². The number of benzene rings is 1. The first-order chi connectivity index (χ1) is 6.86. The predicted octanol–water partition coefficient (Wildman–Crippen LogP) is 2.88. The van der Waals surface area contributed by atoms with E-state index in [0.29, 0.717) is 11.3 Å². The van der Waals surface area contributed by atoms with E-state index in [1.165, 1.54) is 13.2 Å². The Morgan fingerprint density at radius 1 is 1.33 bits per heavy atom. The Labute approximate surface area is 90.2 Å². The highest BCUT2D eigenvalue weighted by molar-refractivity contribution is 5.31. The summed E-state index contributed by atoms with van der Waals surface area (Å²) in [5.41, 5.74) is 6.36. The molecule has 2 nitrogen and oxygen atoms in total. The molecule has 0 spiro atoms. The van der Waals surface area contributed by atoms with Crippen molar-refractivity contribution in [2.75, 3.05) is 7.11 Å². The van der Waals surface area contributed by atoms with Gasteiger partial charge in [0.05, 0.1) is 7.11 Å². The minimum Gasteiger partial charge on any atom is -0.497 e. The van der Waals surface area contributed by atoms with Crippen molar-refractivity contribution in [2.45, 2.75) is 26.8 Å². The molecule has 0 amide bonds. The number of nitrogens with two attached hydrogens (primary N) is 1. The van der Waals surface area contributed by atoms with Gasteiger partial charge in [0.1, 0.15) is 11.6 Å². The Kier molecular flexibility index (Phi) is 3.35. The van der Waals surface area contributed by atoms with E-state index in [-0.39, 0.29) is 17.3 Å². The molecule has 0 aliphatic rings. The van der Waals surface area contributed by atoms with Crippen molar-refractivity contribution in [1.82, 2.24) is 0 Å². The molecule has 0 radical (unpaired) electrons. The molecule has 0 saturated heterocycles. The fourth-order valence-electron chi connectivity index (χ4n) is 1.35. The molecule has 0 bridgehead atoms. The summed E-state index contributed by atoms with van der Waals surface area (Å²) in [4.78, 5) is 0. The lowest BCUT2D eigenvalue weighted by Crippen LogP contribution is -2.27. The molecule has 0 heterocycles. The van der Waals surface area contributed by atoms with Crippen LogP contribution in [0, 0.1) is 11.2 Å². The largest absolute Gasteiger partial charge is 0.497 e.